The highest BCUT2D eigenvalue weighted by molar-refractivity contribution is 5.81. The van der Waals surface area contributed by atoms with E-state index in [1.54, 1.807) is 0 Å². The van der Waals surface area contributed by atoms with Crippen LogP contribution in [0.25, 0.3) is 0 Å². The molecule has 0 atom stereocenters. The molecule has 0 aromatic rings. The summed E-state index contributed by atoms with van der Waals surface area (Å²) in [6.07, 6.45) is 4.68. The van der Waals surface area contributed by atoms with Gasteiger partial charge in [-0.3, -0.25) is 4.79 Å². The third-order valence-electron chi connectivity index (χ3n) is 3.37. The first-order valence-corrected chi connectivity index (χ1v) is 6.30. The maximum atomic E-state index is 12.1. The minimum Gasteiger partial charge on any atom is -0.409 e. The Balaban J connectivity index is 2.43. The Morgan fingerprint density at radius 1 is 1.53 bits per heavy atom. The molecular weight excluding hydrogens is 218 g/mol. The molecule has 0 spiro atoms. The lowest BCUT2D eigenvalue weighted by Crippen LogP contribution is -2.40. The number of amides is 1. The van der Waals surface area contributed by atoms with Crippen LogP contribution in [0.4, 0.5) is 0 Å². The monoisotopic (exact) mass is 241 g/mol. The zero-order chi connectivity index (χ0) is 12.8. The third kappa shape index (κ3) is 4.24. The van der Waals surface area contributed by atoms with Gasteiger partial charge in [-0.05, 0) is 32.6 Å². The van der Waals surface area contributed by atoms with E-state index >= 15 is 0 Å². The van der Waals surface area contributed by atoms with Crippen molar-refractivity contribution < 1.29 is 10.0 Å². The Kier molecular flexibility index (Phi) is 5.25. The van der Waals surface area contributed by atoms with E-state index in [2.05, 4.69) is 5.16 Å². The second-order valence-electron chi connectivity index (χ2n) is 5.02. The molecule has 17 heavy (non-hydrogen) atoms. The quantitative estimate of drug-likeness (QED) is 0.320. The molecule has 1 amide bonds. The van der Waals surface area contributed by atoms with E-state index < -0.39 is 0 Å². The van der Waals surface area contributed by atoms with Crippen LogP contribution in [0.3, 0.4) is 0 Å². The fraction of sp³-hybridized carbons (Fsp3) is 0.833. The van der Waals surface area contributed by atoms with Crippen molar-refractivity contribution in [3.8, 4) is 0 Å². The van der Waals surface area contributed by atoms with Gasteiger partial charge in [0.2, 0.25) is 5.91 Å². The predicted molar refractivity (Wildman–Crippen MR) is 66.8 cm³/mol. The third-order valence-corrected chi connectivity index (χ3v) is 3.37. The topological polar surface area (TPSA) is 78.9 Å². The molecule has 1 fully saturated rings. The molecule has 0 radical (unpaired) electrons. The maximum Gasteiger partial charge on any atom is 0.223 e. The molecule has 0 aromatic heterocycles. The molecule has 5 nitrogen and oxygen atoms in total. The van der Waals surface area contributed by atoms with E-state index in [1.165, 1.54) is 19.3 Å². The number of hydrogen-bond acceptors (Lipinski definition) is 3. The van der Waals surface area contributed by atoms with Crippen LogP contribution in [0.1, 0.15) is 46.0 Å². The summed E-state index contributed by atoms with van der Waals surface area (Å²) in [4.78, 5) is 13.9. The number of carbonyl (C=O) groups is 1. The number of rotatable bonds is 6. The Bertz CT molecular complexity index is 285. The molecule has 0 saturated heterocycles. The first-order chi connectivity index (χ1) is 8.04. The Morgan fingerprint density at radius 3 is 2.59 bits per heavy atom. The van der Waals surface area contributed by atoms with Crippen LogP contribution in [0.5, 0.6) is 0 Å². The number of hydrogen-bond donors (Lipinski definition) is 2. The SMILES string of the molecule is CC(C)N(CCC(N)=NO)C(=O)CC1CCC1. The van der Waals surface area contributed by atoms with Gasteiger partial charge >= 0.3 is 0 Å². The van der Waals surface area contributed by atoms with E-state index in [9.17, 15) is 4.79 Å². The second kappa shape index (κ2) is 6.47. The van der Waals surface area contributed by atoms with Crippen molar-refractivity contribution in [2.45, 2.75) is 52.0 Å². The number of nitrogens with zero attached hydrogens (tertiary/aromatic N) is 2. The van der Waals surface area contributed by atoms with Crippen LogP contribution in [0.15, 0.2) is 5.16 Å². The van der Waals surface area contributed by atoms with Crippen LogP contribution < -0.4 is 5.73 Å². The first kappa shape index (κ1) is 13.8. The zero-order valence-electron chi connectivity index (χ0n) is 10.7. The van der Waals surface area contributed by atoms with Gasteiger partial charge in [0.25, 0.3) is 0 Å². The highest BCUT2D eigenvalue weighted by Crippen LogP contribution is 2.30. The number of oxime groups is 1. The highest BCUT2D eigenvalue weighted by Gasteiger charge is 2.24. The van der Waals surface area contributed by atoms with Gasteiger partial charge in [0.15, 0.2) is 0 Å². The molecule has 0 heterocycles. The summed E-state index contributed by atoms with van der Waals surface area (Å²) in [7, 11) is 0. The number of nitrogens with two attached hydrogens (primary N) is 1. The summed E-state index contributed by atoms with van der Waals surface area (Å²) in [5.74, 6) is 0.940. The van der Waals surface area contributed by atoms with Crippen molar-refractivity contribution in [2.24, 2.45) is 16.8 Å². The molecular formula is C12H23N3O2. The molecule has 0 aliphatic heterocycles. The van der Waals surface area contributed by atoms with Crippen molar-refractivity contribution in [1.29, 1.82) is 0 Å². The van der Waals surface area contributed by atoms with E-state index in [0.29, 0.717) is 25.3 Å². The average molecular weight is 241 g/mol. The lowest BCUT2D eigenvalue weighted by Gasteiger charge is -2.31. The summed E-state index contributed by atoms with van der Waals surface area (Å²) in [5.41, 5.74) is 5.42. The minimum atomic E-state index is 0.161. The van der Waals surface area contributed by atoms with Crippen LogP contribution >= 0.6 is 0 Å². The van der Waals surface area contributed by atoms with E-state index in [1.807, 2.05) is 18.7 Å². The molecule has 1 aliphatic rings. The van der Waals surface area contributed by atoms with Crippen LogP contribution in [-0.2, 0) is 4.79 Å². The minimum absolute atomic E-state index is 0.161. The summed E-state index contributed by atoms with van der Waals surface area (Å²) in [6, 6.07) is 0.161. The summed E-state index contributed by atoms with van der Waals surface area (Å²) < 4.78 is 0. The summed E-state index contributed by atoms with van der Waals surface area (Å²) >= 11 is 0. The van der Waals surface area contributed by atoms with E-state index in [4.69, 9.17) is 10.9 Å². The van der Waals surface area contributed by atoms with E-state index in [0.717, 1.165) is 0 Å². The Hall–Kier alpha value is -1.26. The molecule has 5 heteroatoms. The molecule has 3 N–H and O–H groups in total. The lowest BCUT2D eigenvalue weighted by atomic mass is 9.82. The number of carbonyl (C=O) groups excluding carboxylic acids is 1. The number of amidine groups is 1. The van der Waals surface area contributed by atoms with Gasteiger partial charge in [-0.25, -0.2) is 0 Å². The molecule has 98 valence electrons. The van der Waals surface area contributed by atoms with Crippen molar-refractivity contribution in [1.82, 2.24) is 4.90 Å². The molecule has 0 unspecified atom stereocenters. The van der Waals surface area contributed by atoms with Crippen molar-refractivity contribution in [3.05, 3.63) is 0 Å². The molecule has 1 rings (SSSR count). The fourth-order valence-electron chi connectivity index (χ4n) is 2.02. The van der Waals surface area contributed by atoms with Crippen molar-refractivity contribution in [2.75, 3.05) is 6.54 Å². The largest absolute Gasteiger partial charge is 0.409 e. The normalized spacial score (nSPS) is 17.0. The van der Waals surface area contributed by atoms with Crippen molar-refractivity contribution in [3.63, 3.8) is 0 Å². The second-order valence-corrected chi connectivity index (χ2v) is 5.02. The Labute approximate surface area is 103 Å². The van der Waals surface area contributed by atoms with Gasteiger partial charge in [-0.15, -0.1) is 0 Å². The van der Waals surface area contributed by atoms with Crippen LogP contribution in [0.2, 0.25) is 0 Å². The smallest absolute Gasteiger partial charge is 0.223 e. The first-order valence-electron chi connectivity index (χ1n) is 6.30. The van der Waals surface area contributed by atoms with Gasteiger partial charge in [0.1, 0.15) is 5.84 Å². The zero-order valence-corrected chi connectivity index (χ0v) is 10.7. The predicted octanol–water partition coefficient (Wildman–Crippen LogP) is 1.55. The molecule has 1 saturated carbocycles. The van der Waals surface area contributed by atoms with Crippen LogP contribution in [0, 0.1) is 5.92 Å². The van der Waals surface area contributed by atoms with Crippen molar-refractivity contribution >= 4 is 11.7 Å². The van der Waals surface area contributed by atoms with Gasteiger partial charge in [-0.2, -0.15) is 0 Å². The van der Waals surface area contributed by atoms with E-state index in [-0.39, 0.29) is 17.8 Å². The molecule has 0 aromatic carbocycles. The van der Waals surface area contributed by atoms with Gasteiger partial charge in [-0.1, -0.05) is 11.6 Å². The lowest BCUT2D eigenvalue weighted by molar-refractivity contribution is -0.134. The molecule has 0 bridgehead atoms. The standard InChI is InChI=1S/C12H23N3O2/c1-9(2)15(7-6-11(13)14-17)12(16)8-10-4-3-5-10/h9-10,17H,3-8H2,1-2H3,(H2,13,14). The van der Waals surface area contributed by atoms with Crippen LogP contribution in [-0.4, -0.2) is 34.4 Å². The Morgan fingerprint density at radius 2 is 2.18 bits per heavy atom. The van der Waals surface area contributed by atoms with Gasteiger partial charge in [0.05, 0.1) is 0 Å². The summed E-state index contributed by atoms with van der Waals surface area (Å²) in [6.45, 7) is 4.51. The van der Waals surface area contributed by atoms with Gasteiger partial charge in [0, 0.05) is 25.4 Å². The fourth-order valence-corrected chi connectivity index (χ4v) is 2.02. The maximum absolute atomic E-state index is 12.1. The molecule has 1 aliphatic carbocycles. The highest BCUT2D eigenvalue weighted by atomic mass is 16.4. The van der Waals surface area contributed by atoms with Gasteiger partial charge < -0.3 is 15.8 Å². The average Bonchev–Trinajstić information content (AvgIpc) is 2.22. The summed E-state index contributed by atoms with van der Waals surface area (Å²) in [5, 5.41) is 11.4.